The van der Waals surface area contributed by atoms with E-state index in [4.69, 9.17) is 14.2 Å². The van der Waals surface area contributed by atoms with Gasteiger partial charge in [0.2, 0.25) is 0 Å². The standard InChI is InChI=1S/C19H16O5/c1-22-14-9-15(23-2)11-16(10-14)24-19(21)17-7-12-5-3-4-6-13(12)8-18(17)20/h3-11,20H,1-2H3. The lowest BCUT2D eigenvalue weighted by atomic mass is 10.1. The molecule has 0 bridgehead atoms. The smallest absolute Gasteiger partial charge is 0.347 e. The Labute approximate surface area is 139 Å². The largest absolute Gasteiger partial charge is 0.507 e. The third kappa shape index (κ3) is 3.10. The summed E-state index contributed by atoms with van der Waals surface area (Å²) in [6.07, 6.45) is 0. The van der Waals surface area contributed by atoms with E-state index in [1.54, 1.807) is 24.3 Å². The molecule has 0 amide bonds. The predicted molar refractivity (Wildman–Crippen MR) is 90.1 cm³/mol. The molecule has 0 aliphatic carbocycles. The summed E-state index contributed by atoms with van der Waals surface area (Å²) >= 11 is 0. The summed E-state index contributed by atoms with van der Waals surface area (Å²) in [4.78, 5) is 12.4. The fourth-order valence-electron chi connectivity index (χ4n) is 2.39. The van der Waals surface area contributed by atoms with Crippen molar-refractivity contribution in [2.24, 2.45) is 0 Å². The van der Waals surface area contributed by atoms with Crippen LogP contribution in [0.5, 0.6) is 23.0 Å². The zero-order valence-electron chi connectivity index (χ0n) is 13.3. The summed E-state index contributed by atoms with van der Waals surface area (Å²) in [5.74, 6) is 0.477. The summed E-state index contributed by atoms with van der Waals surface area (Å²) in [7, 11) is 3.02. The molecule has 0 aliphatic heterocycles. The molecular weight excluding hydrogens is 308 g/mol. The van der Waals surface area contributed by atoms with Crippen LogP contribution in [0.2, 0.25) is 0 Å². The van der Waals surface area contributed by atoms with Crippen LogP contribution in [0.4, 0.5) is 0 Å². The number of fused-ring (bicyclic) bond motifs is 1. The van der Waals surface area contributed by atoms with Crippen molar-refractivity contribution in [1.82, 2.24) is 0 Å². The van der Waals surface area contributed by atoms with Crippen molar-refractivity contribution in [3.8, 4) is 23.0 Å². The first-order chi connectivity index (χ1) is 11.6. The molecule has 0 heterocycles. The Bertz CT molecular complexity index is 879. The first-order valence-electron chi connectivity index (χ1n) is 7.27. The van der Waals surface area contributed by atoms with E-state index in [0.29, 0.717) is 11.5 Å². The molecule has 0 unspecified atom stereocenters. The van der Waals surface area contributed by atoms with Crippen molar-refractivity contribution >= 4 is 16.7 Å². The second-order valence-electron chi connectivity index (χ2n) is 5.15. The van der Waals surface area contributed by atoms with Gasteiger partial charge in [-0.3, -0.25) is 0 Å². The number of esters is 1. The van der Waals surface area contributed by atoms with Crippen LogP contribution < -0.4 is 14.2 Å². The number of hydrogen-bond donors (Lipinski definition) is 1. The lowest BCUT2D eigenvalue weighted by molar-refractivity contribution is 0.0731. The number of carbonyl (C=O) groups is 1. The van der Waals surface area contributed by atoms with E-state index in [1.807, 2.05) is 24.3 Å². The van der Waals surface area contributed by atoms with Crippen molar-refractivity contribution in [2.45, 2.75) is 0 Å². The average molecular weight is 324 g/mol. The van der Waals surface area contributed by atoms with Gasteiger partial charge in [-0.1, -0.05) is 24.3 Å². The number of carbonyl (C=O) groups excluding carboxylic acids is 1. The normalized spacial score (nSPS) is 10.4. The summed E-state index contributed by atoms with van der Waals surface area (Å²) in [6, 6.07) is 15.4. The van der Waals surface area contributed by atoms with E-state index in [0.717, 1.165) is 10.8 Å². The van der Waals surface area contributed by atoms with Gasteiger partial charge in [-0.15, -0.1) is 0 Å². The summed E-state index contributed by atoms with van der Waals surface area (Å²) in [5.41, 5.74) is 0.0930. The van der Waals surface area contributed by atoms with Gasteiger partial charge in [0.25, 0.3) is 0 Å². The lowest BCUT2D eigenvalue weighted by Crippen LogP contribution is -2.09. The third-order valence-corrected chi connectivity index (χ3v) is 3.62. The van der Waals surface area contributed by atoms with Gasteiger partial charge in [0.05, 0.1) is 14.2 Å². The SMILES string of the molecule is COc1cc(OC)cc(OC(=O)c2cc3ccccc3cc2O)c1. The molecule has 122 valence electrons. The van der Waals surface area contributed by atoms with E-state index < -0.39 is 5.97 Å². The Morgan fingerprint density at radius 2 is 1.38 bits per heavy atom. The molecule has 0 fully saturated rings. The highest BCUT2D eigenvalue weighted by Gasteiger charge is 2.16. The molecule has 5 heteroatoms. The molecule has 0 atom stereocenters. The minimum absolute atomic E-state index is 0.0930. The van der Waals surface area contributed by atoms with Gasteiger partial charge in [0, 0.05) is 18.2 Å². The Hall–Kier alpha value is -3.21. The number of ether oxygens (including phenoxy) is 3. The highest BCUT2D eigenvalue weighted by molar-refractivity contribution is 5.99. The number of phenols is 1. The van der Waals surface area contributed by atoms with Crippen molar-refractivity contribution in [3.05, 3.63) is 60.2 Å². The molecule has 1 N–H and O–H groups in total. The van der Waals surface area contributed by atoms with E-state index in [-0.39, 0.29) is 17.1 Å². The highest BCUT2D eigenvalue weighted by atomic mass is 16.5. The van der Waals surface area contributed by atoms with E-state index in [1.165, 1.54) is 20.3 Å². The van der Waals surface area contributed by atoms with Crippen LogP contribution in [0.3, 0.4) is 0 Å². The maximum absolute atomic E-state index is 12.4. The molecule has 0 radical (unpaired) electrons. The number of hydrogen-bond acceptors (Lipinski definition) is 5. The van der Waals surface area contributed by atoms with Gasteiger partial charge in [-0.05, 0) is 22.9 Å². The summed E-state index contributed by atoms with van der Waals surface area (Å²) < 4.78 is 15.6. The Kier molecular flexibility index (Phi) is 4.24. The van der Waals surface area contributed by atoms with Crippen molar-refractivity contribution < 1.29 is 24.1 Å². The molecule has 3 rings (SSSR count). The third-order valence-electron chi connectivity index (χ3n) is 3.62. The number of benzene rings is 3. The van der Waals surface area contributed by atoms with Gasteiger partial charge < -0.3 is 19.3 Å². The van der Waals surface area contributed by atoms with Crippen LogP contribution in [0.25, 0.3) is 10.8 Å². The fraction of sp³-hybridized carbons (Fsp3) is 0.105. The molecule has 3 aromatic carbocycles. The van der Waals surface area contributed by atoms with Gasteiger partial charge in [0.1, 0.15) is 28.6 Å². The monoisotopic (exact) mass is 324 g/mol. The van der Waals surface area contributed by atoms with E-state index >= 15 is 0 Å². The molecular formula is C19H16O5. The average Bonchev–Trinajstić information content (AvgIpc) is 2.60. The van der Waals surface area contributed by atoms with Gasteiger partial charge in [0.15, 0.2) is 0 Å². The second-order valence-corrected chi connectivity index (χ2v) is 5.15. The molecule has 0 saturated heterocycles. The van der Waals surface area contributed by atoms with Crippen molar-refractivity contribution in [2.75, 3.05) is 14.2 Å². The van der Waals surface area contributed by atoms with Gasteiger partial charge >= 0.3 is 5.97 Å². The highest BCUT2D eigenvalue weighted by Crippen LogP contribution is 2.30. The van der Waals surface area contributed by atoms with E-state index in [2.05, 4.69) is 0 Å². The maximum atomic E-state index is 12.4. The van der Waals surface area contributed by atoms with Crippen molar-refractivity contribution in [1.29, 1.82) is 0 Å². The van der Waals surface area contributed by atoms with Crippen LogP contribution in [0.1, 0.15) is 10.4 Å². The van der Waals surface area contributed by atoms with Crippen LogP contribution in [-0.4, -0.2) is 25.3 Å². The fourth-order valence-corrected chi connectivity index (χ4v) is 2.39. The quantitative estimate of drug-likeness (QED) is 0.584. The van der Waals surface area contributed by atoms with Crippen LogP contribution in [0.15, 0.2) is 54.6 Å². The molecule has 3 aromatic rings. The number of methoxy groups -OCH3 is 2. The Morgan fingerprint density at radius 1 is 0.833 bits per heavy atom. The minimum Gasteiger partial charge on any atom is -0.507 e. The number of phenolic OH excluding ortho intramolecular Hbond substituents is 1. The summed E-state index contributed by atoms with van der Waals surface area (Å²) in [5, 5.41) is 11.8. The molecule has 0 saturated carbocycles. The summed E-state index contributed by atoms with van der Waals surface area (Å²) in [6.45, 7) is 0. The minimum atomic E-state index is -0.659. The van der Waals surface area contributed by atoms with Crippen molar-refractivity contribution in [3.63, 3.8) is 0 Å². The molecule has 24 heavy (non-hydrogen) atoms. The Balaban J connectivity index is 1.94. The number of rotatable bonds is 4. The van der Waals surface area contributed by atoms with Gasteiger partial charge in [-0.25, -0.2) is 4.79 Å². The zero-order chi connectivity index (χ0) is 17.1. The topological polar surface area (TPSA) is 65.0 Å². The maximum Gasteiger partial charge on any atom is 0.347 e. The van der Waals surface area contributed by atoms with Crippen LogP contribution >= 0.6 is 0 Å². The number of aromatic hydroxyl groups is 1. The zero-order valence-corrected chi connectivity index (χ0v) is 13.3. The molecule has 5 nitrogen and oxygen atoms in total. The van der Waals surface area contributed by atoms with E-state index in [9.17, 15) is 9.90 Å². The Morgan fingerprint density at radius 3 is 1.96 bits per heavy atom. The molecule has 0 spiro atoms. The first-order valence-corrected chi connectivity index (χ1v) is 7.27. The van der Waals surface area contributed by atoms with Crippen LogP contribution in [0, 0.1) is 0 Å². The second kappa shape index (κ2) is 6.50. The van der Waals surface area contributed by atoms with Crippen LogP contribution in [-0.2, 0) is 0 Å². The molecule has 0 aromatic heterocycles. The lowest BCUT2D eigenvalue weighted by Gasteiger charge is -2.10. The molecule has 0 aliphatic rings. The predicted octanol–water partition coefficient (Wildman–Crippen LogP) is 3.78. The van der Waals surface area contributed by atoms with Gasteiger partial charge in [-0.2, -0.15) is 0 Å². The first kappa shape index (κ1) is 15.7.